The van der Waals surface area contributed by atoms with Gasteiger partial charge in [0, 0.05) is 17.5 Å². The fraction of sp³-hybridized carbons (Fsp3) is 0.0625. The van der Waals surface area contributed by atoms with Crippen molar-refractivity contribution in [3.8, 4) is 10.6 Å². The van der Waals surface area contributed by atoms with Crippen LogP contribution < -0.4 is 5.73 Å². The minimum absolute atomic E-state index is 0.276. The van der Waals surface area contributed by atoms with Gasteiger partial charge in [-0.15, -0.1) is 11.3 Å². The minimum Gasteiger partial charge on any atom is -0.325 e. The molecule has 1 heterocycles. The van der Waals surface area contributed by atoms with Crippen LogP contribution in [0.2, 0.25) is 0 Å². The van der Waals surface area contributed by atoms with Gasteiger partial charge in [-0.05, 0) is 24.3 Å². The Bertz CT molecular complexity index is 870. The zero-order chi connectivity index (χ0) is 15.6. The third-order valence-corrected chi connectivity index (χ3v) is 5.95. The summed E-state index contributed by atoms with van der Waals surface area (Å²) in [6.45, 7) is 0.400. The molecule has 0 unspecified atom stereocenters. The number of thiazole rings is 1. The molecule has 3 aromatic rings. The van der Waals surface area contributed by atoms with Gasteiger partial charge in [0.15, 0.2) is 0 Å². The smallest absolute Gasteiger partial charge is 0.206 e. The van der Waals surface area contributed by atoms with E-state index in [-0.39, 0.29) is 4.90 Å². The van der Waals surface area contributed by atoms with E-state index in [4.69, 9.17) is 5.73 Å². The molecule has 4 nitrogen and oxygen atoms in total. The highest BCUT2D eigenvalue weighted by molar-refractivity contribution is 7.91. The van der Waals surface area contributed by atoms with E-state index in [9.17, 15) is 8.42 Å². The molecule has 1 aromatic heterocycles. The van der Waals surface area contributed by atoms with Gasteiger partial charge in [0.2, 0.25) is 9.84 Å². The Balaban J connectivity index is 1.94. The van der Waals surface area contributed by atoms with Crippen LogP contribution >= 0.6 is 11.3 Å². The van der Waals surface area contributed by atoms with Gasteiger partial charge in [-0.25, -0.2) is 13.4 Å². The lowest BCUT2D eigenvalue weighted by Crippen LogP contribution is -2.01. The van der Waals surface area contributed by atoms with E-state index >= 15 is 0 Å². The Kier molecular flexibility index (Phi) is 4.06. The van der Waals surface area contributed by atoms with Gasteiger partial charge in [-0.1, -0.05) is 30.3 Å². The molecule has 0 bridgehead atoms. The summed E-state index contributed by atoms with van der Waals surface area (Å²) < 4.78 is 25.0. The van der Waals surface area contributed by atoms with Crippen LogP contribution in [0.1, 0.15) is 5.69 Å². The van der Waals surface area contributed by atoms with E-state index in [2.05, 4.69) is 4.98 Å². The molecule has 0 fully saturated rings. The number of hydrogen-bond acceptors (Lipinski definition) is 5. The van der Waals surface area contributed by atoms with Gasteiger partial charge in [0.05, 0.1) is 15.5 Å². The van der Waals surface area contributed by atoms with Crippen molar-refractivity contribution in [1.29, 1.82) is 0 Å². The molecule has 0 atom stereocenters. The van der Waals surface area contributed by atoms with Crippen LogP contribution in [0.5, 0.6) is 0 Å². The lowest BCUT2D eigenvalue weighted by atomic mass is 10.2. The molecule has 0 aliphatic rings. The molecule has 0 aliphatic heterocycles. The van der Waals surface area contributed by atoms with Crippen molar-refractivity contribution >= 4 is 21.2 Å². The number of nitrogens with two attached hydrogens (primary N) is 1. The van der Waals surface area contributed by atoms with Crippen LogP contribution in [-0.4, -0.2) is 13.4 Å². The van der Waals surface area contributed by atoms with Crippen LogP contribution in [0.4, 0.5) is 0 Å². The van der Waals surface area contributed by atoms with E-state index in [0.29, 0.717) is 11.4 Å². The van der Waals surface area contributed by atoms with Crippen LogP contribution in [0.3, 0.4) is 0 Å². The molecule has 112 valence electrons. The standard InChI is InChI=1S/C16H14N2O2S2/c17-10-13-11-21-16(18-13)12-6-8-15(9-7-12)22(19,20)14-4-2-1-3-5-14/h1-9,11H,10,17H2. The van der Waals surface area contributed by atoms with Crippen molar-refractivity contribution in [3.05, 3.63) is 65.7 Å². The second kappa shape index (κ2) is 6.00. The molecule has 0 radical (unpaired) electrons. The first-order chi connectivity index (χ1) is 10.6. The van der Waals surface area contributed by atoms with Gasteiger partial charge >= 0.3 is 0 Å². The molecular weight excluding hydrogens is 316 g/mol. The summed E-state index contributed by atoms with van der Waals surface area (Å²) in [5.41, 5.74) is 7.27. The molecule has 0 saturated carbocycles. The molecular formula is C16H14N2O2S2. The summed E-state index contributed by atoms with van der Waals surface area (Å²) in [5.74, 6) is 0. The highest BCUT2D eigenvalue weighted by Gasteiger charge is 2.17. The van der Waals surface area contributed by atoms with Crippen LogP contribution in [0.25, 0.3) is 10.6 Å². The van der Waals surface area contributed by atoms with Gasteiger partial charge in [-0.3, -0.25) is 0 Å². The highest BCUT2D eigenvalue weighted by atomic mass is 32.2. The summed E-state index contributed by atoms with van der Waals surface area (Å²) >= 11 is 1.50. The maximum absolute atomic E-state index is 12.5. The second-order valence-corrected chi connectivity index (χ2v) is 7.50. The molecule has 0 amide bonds. The van der Waals surface area contributed by atoms with E-state index in [1.165, 1.54) is 11.3 Å². The van der Waals surface area contributed by atoms with Crippen LogP contribution in [-0.2, 0) is 16.4 Å². The first-order valence-corrected chi connectivity index (χ1v) is 9.02. The van der Waals surface area contributed by atoms with E-state index in [0.717, 1.165) is 16.3 Å². The summed E-state index contributed by atoms with van der Waals surface area (Å²) in [7, 11) is -3.47. The maximum atomic E-state index is 12.5. The Morgan fingerprint density at radius 1 is 0.955 bits per heavy atom. The topological polar surface area (TPSA) is 73.1 Å². The predicted octanol–water partition coefficient (Wildman–Crippen LogP) is 3.10. The maximum Gasteiger partial charge on any atom is 0.206 e. The number of benzene rings is 2. The first kappa shape index (κ1) is 14.9. The van der Waals surface area contributed by atoms with Crippen LogP contribution in [0, 0.1) is 0 Å². The molecule has 0 spiro atoms. The second-order valence-electron chi connectivity index (χ2n) is 4.69. The zero-order valence-electron chi connectivity index (χ0n) is 11.6. The number of sulfone groups is 1. The number of rotatable bonds is 4. The van der Waals surface area contributed by atoms with Gasteiger partial charge < -0.3 is 5.73 Å². The monoisotopic (exact) mass is 330 g/mol. The Morgan fingerprint density at radius 2 is 1.59 bits per heavy atom. The molecule has 0 saturated heterocycles. The molecule has 0 aliphatic carbocycles. The summed E-state index contributed by atoms with van der Waals surface area (Å²) in [4.78, 5) is 4.96. The van der Waals surface area contributed by atoms with E-state index in [1.807, 2.05) is 5.38 Å². The predicted molar refractivity (Wildman–Crippen MR) is 87.3 cm³/mol. The largest absolute Gasteiger partial charge is 0.325 e. The SMILES string of the molecule is NCc1csc(-c2ccc(S(=O)(=O)c3ccccc3)cc2)n1. The summed E-state index contributed by atoms with van der Waals surface area (Å²) in [6.07, 6.45) is 0. The fourth-order valence-corrected chi connectivity index (χ4v) is 4.17. The van der Waals surface area contributed by atoms with E-state index in [1.54, 1.807) is 54.6 Å². The van der Waals surface area contributed by atoms with E-state index < -0.39 is 9.84 Å². The van der Waals surface area contributed by atoms with Gasteiger partial charge in [-0.2, -0.15) is 0 Å². The Labute approximate surface area is 133 Å². The van der Waals surface area contributed by atoms with Gasteiger partial charge in [0.1, 0.15) is 5.01 Å². The normalized spacial score (nSPS) is 11.5. The van der Waals surface area contributed by atoms with Crippen LogP contribution in [0.15, 0.2) is 69.8 Å². The van der Waals surface area contributed by atoms with Crippen molar-refractivity contribution in [2.75, 3.05) is 0 Å². The fourth-order valence-electron chi connectivity index (χ4n) is 2.05. The first-order valence-electron chi connectivity index (χ1n) is 6.66. The lowest BCUT2D eigenvalue weighted by molar-refractivity contribution is 0.596. The third kappa shape index (κ3) is 2.81. The number of aromatic nitrogens is 1. The molecule has 2 N–H and O–H groups in total. The highest BCUT2D eigenvalue weighted by Crippen LogP contribution is 2.27. The van der Waals surface area contributed by atoms with Crippen molar-refractivity contribution in [2.24, 2.45) is 5.73 Å². The quantitative estimate of drug-likeness (QED) is 0.798. The lowest BCUT2D eigenvalue weighted by Gasteiger charge is -2.05. The number of nitrogens with zero attached hydrogens (tertiary/aromatic N) is 1. The summed E-state index contributed by atoms with van der Waals surface area (Å²) in [6, 6.07) is 15.2. The average Bonchev–Trinajstić information content (AvgIpc) is 3.05. The molecule has 22 heavy (non-hydrogen) atoms. The zero-order valence-corrected chi connectivity index (χ0v) is 13.3. The molecule has 2 aromatic carbocycles. The van der Waals surface area contributed by atoms with Crippen molar-refractivity contribution in [3.63, 3.8) is 0 Å². The number of hydrogen-bond donors (Lipinski definition) is 1. The van der Waals surface area contributed by atoms with Crippen molar-refractivity contribution in [2.45, 2.75) is 16.3 Å². The summed E-state index contributed by atoms with van der Waals surface area (Å²) in [5, 5.41) is 2.74. The van der Waals surface area contributed by atoms with Crippen molar-refractivity contribution < 1.29 is 8.42 Å². The Morgan fingerprint density at radius 3 is 2.18 bits per heavy atom. The third-order valence-electron chi connectivity index (χ3n) is 3.23. The minimum atomic E-state index is -3.47. The molecule has 3 rings (SSSR count). The molecule has 6 heteroatoms. The van der Waals surface area contributed by atoms with Gasteiger partial charge in [0.25, 0.3) is 0 Å². The Hall–Kier alpha value is -2.02. The average molecular weight is 330 g/mol. The van der Waals surface area contributed by atoms with Crippen molar-refractivity contribution in [1.82, 2.24) is 4.98 Å².